The van der Waals surface area contributed by atoms with Crippen molar-refractivity contribution >= 4 is 38.6 Å². The molecule has 3 aromatic heterocycles. The van der Waals surface area contributed by atoms with Gasteiger partial charge in [-0.05, 0) is 61.0 Å². The number of aryl methyl sites for hydroxylation is 3. The molecule has 1 N–H and O–H groups in total. The number of anilines is 1. The van der Waals surface area contributed by atoms with Crippen LogP contribution in [0.15, 0.2) is 44.1 Å². The third kappa shape index (κ3) is 3.65. The SMILES string of the molecule is CC(=O)Nc1cc(-n2c(C)cc(=O)c3ccc(-c4c(C)noc4C)nc32)c(F)cc1Br. The van der Waals surface area contributed by atoms with Gasteiger partial charge in [0.05, 0.1) is 33.7 Å². The van der Waals surface area contributed by atoms with E-state index in [0.717, 1.165) is 5.56 Å². The van der Waals surface area contributed by atoms with E-state index in [2.05, 4.69) is 31.4 Å². The molecule has 3 heterocycles. The number of rotatable bonds is 3. The van der Waals surface area contributed by atoms with Crippen LogP contribution in [0.3, 0.4) is 0 Å². The Bertz CT molecular complexity index is 1410. The minimum absolute atomic E-state index is 0.151. The molecule has 31 heavy (non-hydrogen) atoms. The average molecular weight is 485 g/mol. The number of benzene rings is 1. The van der Waals surface area contributed by atoms with Gasteiger partial charge in [0.15, 0.2) is 5.43 Å². The number of amides is 1. The molecule has 0 spiro atoms. The highest BCUT2D eigenvalue weighted by atomic mass is 79.9. The monoisotopic (exact) mass is 484 g/mol. The minimum atomic E-state index is -0.543. The number of hydrogen-bond acceptors (Lipinski definition) is 5. The van der Waals surface area contributed by atoms with Crippen LogP contribution >= 0.6 is 15.9 Å². The first-order valence-corrected chi connectivity index (χ1v) is 10.2. The van der Waals surface area contributed by atoms with Gasteiger partial charge in [-0.3, -0.25) is 14.2 Å². The molecule has 0 saturated carbocycles. The predicted molar refractivity (Wildman–Crippen MR) is 119 cm³/mol. The number of halogens is 2. The van der Waals surface area contributed by atoms with Crippen molar-refractivity contribution in [3.05, 3.63) is 68.0 Å². The normalized spacial score (nSPS) is 11.2. The molecule has 4 aromatic rings. The Balaban J connectivity index is 2.06. The van der Waals surface area contributed by atoms with Crippen LogP contribution < -0.4 is 10.7 Å². The molecule has 0 aliphatic rings. The maximum absolute atomic E-state index is 15.1. The fourth-order valence-corrected chi connectivity index (χ4v) is 4.01. The van der Waals surface area contributed by atoms with Gasteiger partial charge in [-0.15, -0.1) is 0 Å². The van der Waals surface area contributed by atoms with Crippen molar-refractivity contribution in [1.82, 2.24) is 14.7 Å². The lowest BCUT2D eigenvalue weighted by atomic mass is 10.1. The molecule has 7 nitrogen and oxygen atoms in total. The molecule has 1 aromatic carbocycles. The van der Waals surface area contributed by atoms with Crippen LogP contribution in [0.25, 0.3) is 28.0 Å². The third-order valence-corrected chi connectivity index (χ3v) is 5.58. The number of aromatic nitrogens is 3. The molecule has 4 rings (SSSR count). The predicted octanol–water partition coefficient (Wildman–Crippen LogP) is 4.83. The van der Waals surface area contributed by atoms with Crippen molar-refractivity contribution in [2.75, 3.05) is 5.32 Å². The van der Waals surface area contributed by atoms with Gasteiger partial charge in [-0.1, -0.05) is 5.16 Å². The number of nitrogens with zero attached hydrogens (tertiary/aromatic N) is 3. The van der Waals surface area contributed by atoms with Crippen molar-refractivity contribution in [3.8, 4) is 16.9 Å². The fourth-order valence-electron chi connectivity index (χ4n) is 3.60. The van der Waals surface area contributed by atoms with Crippen LogP contribution in [0.4, 0.5) is 10.1 Å². The Morgan fingerprint density at radius 2 is 1.94 bits per heavy atom. The first-order valence-electron chi connectivity index (χ1n) is 9.41. The summed E-state index contributed by atoms with van der Waals surface area (Å²) in [4.78, 5) is 28.9. The minimum Gasteiger partial charge on any atom is -0.361 e. The van der Waals surface area contributed by atoms with E-state index < -0.39 is 5.82 Å². The lowest BCUT2D eigenvalue weighted by molar-refractivity contribution is -0.114. The van der Waals surface area contributed by atoms with Crippen molar-refractivity contribution in [2.45, 2.75) is 27.7 Å². The molecule has 0 bridgehead atoms. The van der Waals surface area contributed by atoms with E-state index in [1.165, 1.54) is 25.1 Å². The van der Waals surface area contributed by atoms with Crippen LogP contribution in [-0.2, 0) is 4.79 Å². The summed E-state index contributed by atoms with van der Waals surface area (Å²) in [5.41, 5.74) is 3.05. The van der Waals surface area contributed by atoms with Gasteiger partial charge in [0.1, 0.15) is 17.2 Å². The zero-order chi connectivity index (χ0) is 22.4. The largest absolute Gasteiger partial charge is 0.361 e. The molecule has 0 saturated heterocycles. The number of fused-ring (bicyclic) bond motifs is 1. The van der Waals surface area contributed by atoms with Gasteiger partial charge in [-0.25, -0.2) is 9.37 Å². The smallest absolute Gasteiger partial charge is 0.221 e. The third-order valence-electron chi connectivity index (χ3n) is 4.92. The quantitative estimate of drug-likeness (QED) is 0.449. The second-order valence-corrected chi connectivity index (χ2v) is 8.07. The molecular formula is C22H18BrFN4O3. The highest BCUT2D eigenvalue weighted by molar-refractivity contribution is 9.10. The summed E-state index contributed by atoms with van der Waals surface area (Å²) >= 11 is 3.27. The highest BCUT2D eigenvalue weighted by Crippen LogP contribution is 2.31. The highest BCUT2D eigenvalue weighted by Gasteiger charge is 2.19. The van der Waals surface area contributed by atoms with Gasteiger partial charge in [0, 0.05) is 23.2 Å². The summed E-state index contributed by atoms with van der Waals surface area (Å²) in [6.45, 7) is 6.64. The Kier molecular flexibility index (Phi) is 5.22. The van der Waals surface area contributed by atoms with Crippen molar-refractivity contribution in [1.29, 1.82) is 0 Å². The Morgan fingerprint density at radius 3 is 2.58 bits per heavy atom. The lowest BCUT2D eigenvalue weighted by Gasteiger charge is -2.17. The van der Waals surface area contributed by atoms with Crippen LogP contribution in [0.5, 0.6) is 0 Å². The number of carbonyl (C=O) groups is 1. The summed E-state index contributed by atoms with van der Waals surface area (Å²) in [6.07, 6.45) is 0. The Morgan fingerprint density at radius 1 is 1.19 bits per heavy atom. The lowest BCUT2D eigenvalue weighted by Crippen LogP contribution is -2.14. The van der Waals surface area contributed by atoms with Crippen molar-refractivity contribution in [3.63, 3.8) is 0 Å². The molecular weight excluding hydrogens is 467 g/mol. The van der Waals surface area contributed by atoms with E-state index in [0.29, 0.717) is 38.4 Å². The first kappa shape index (κ1) is 20.9. The zero-order valence-electron chi connectivity index (χ0n) is 17.2. The number of hydrogen-bond donors (Lipinski definition) is 1. The van der Waals surface area contributed by atoms with Crippen LogP contribution in [0.1, 0.15) is 24.1 Å². The van der Waals surface area contributed by atoms with Gasteiger partial charge >= 0.3 is 0 Å². The Hall–Kier alpha value is -3.33. The van der Waals surface area contributed by atoms with E-state index in [9.17, 15) is 9.59 Å². The average Bonchev–Trinajstić information content (AvgIpc) is 3.02. The first-order chi connectivity index (χ1) is 14.7. The van der Waals surface area contributed by atoms with Gasteiger partial charge in [-0.2, -0.15) is 0 Å². The molecule has 1 amide bonds. The summed E-state index contributed by atoms with van der Waals surface area (Å²) < 4.78 is 22.3. The second-order valence-electron chi connectivity index (χ2n) is 7.22. The van der Waals surface area contributed by atoms with Crippen LogP contribution in [0.2, 0.25) is 0 Å². The summed E-state index contributed by atoms with van der Waals surface area (Å²) in [5.74, 6) is -0.245. The molecule has 9 heteroatoms. The van der Waals surface area contributed by atoms with Crippen molar-refractivity contribution in [2.24, 2.45) is 0 Å². The number of pyridine rings is 2. The van der Waals surface area contributed by atoms with E-state index in [1.807, 2.05) is 0 Å². The van der Waals surface area contributed by atoms with E-state index in [4.69, 9.17) is 4.52 Å². The maximum Gasteiger partial charge on any atom is 0.221 e. The number of carbonyl (C=O) groups excluding carboxylic acids is 1. The van der Waals surface area contributed by atoms with E-state index >= 15 is 4.39 Å². The van der Waals surface area contributed by atoms with Gasteiger partial charge in [0.25, 0.3) is 0 Å². The van der Waals surface area contributed by atoms with Crippen LogP contribution in [0, 0.1) is 26.6 Å². The molecule has 0 unspecified atom stereocenters. The standard InChI is InChI=1S/C22H18BrFN4O3/c1-10-7-20(30)14-5-6-17(21-11(2)27-31-12(21)3)26-22(14)28(10)19-9-18(25-13(4)29)15(23)8-16(19)24/h5-9H,1-4H3,(H,25,29). The Labute approximate surface area is 185 Å². The van der Waals surface area contributed by atoms with E-state index in [-0.39, 0.29) is 22.7 Å². The molecule has 158 valence electrons. The van der Waals surface area contributed by atoms with Crippen molar-refractivity contribution < 1.29 is 13.7 Å². The molecule has 0 fully saturated rings. The van der Waals surface area contributed by atoms with Crippen LogP contribution in [-0.4, -0.2) is 20.6 Å². The van der Waals surface area contributed by atoms with E-state index in [1.54, 1.807) is 37.5 Å². The second kappa shape index (κ2) is 7.73. The molecule has 0 aliphatic heterocycles. The fraction of sp³-hybridized carbons (Fsp3) is 0.182. The summed E-state index contributed by atoms with van der Waals surface area (Å²) in [5, 5.41) is 6.97. The van der Waals surface area contributed by atoms with Gasteiger partial charge < -0.3 is 9.84 Å². The zero-order valence-corrected chi connectivity index (χ0v) is 18.8. The van der Waals surface area contributed by atoms with Gasteiger partial charge in [0.2, 0.25) is 5.91 Å². The number of nitrogens with one attached hydrogen (secondary N) is 1. The summed E-state index contributed by atoms with van der Waals surface area (Å²) in [6, 6.07) is 7.58. The molecule has 0 aliphatic carbocycles. The summed E-state index contributed by atoms with van der Waals surface area (Å²) in [7, 11) is 0. The molecule has 0 radical (unpaired) electrons. The molecule has 0 atom stereocenters. The maximum atomic E-state index is 15.1. The topological polar surface area (TPSA) is 90.0 Å².